The first kappa shape index (κ1) is 16.8. The third-order valence-corrected chi connectivity index (χ3v) is 4.62. The van der Waals surface area contributed by atoms with Crippen molar-refractivity contribution >= 4 is 15.9 Å². The summed E-state index contributed by atoms with van der Waals surface area (Å²) in [7, 11) is -0.666. The molecular formula is C15H16N2O3S. The maximum absolute atomic E-state index is 12.1. The normalized spacial score (nSPS) is 10.7. The molecule has 0 aliphatic carbocycles. The van der Waals surface area contributed by atoms with Crippen molar-refractivity contribution in [2.24, 2.45) is 0 Å². The van der Waals surface area contributed by atoms with E-state index in [0.29, 0.717) is 5.56 Å². The van der Waals surface area contributed by atoms with Crippen molar-refractivity contribution in [3.05, 3.63) is 29.8 Å². The van der Waals surface area contributed by atoms with Crippen LogP contribution in [0.3, 0.4) is 0 Å². The molecule has 1 rings (SSSR count). The van der Waals surface area contributed by atoms with Crippen LogP contribution in [0.25, 0.3) is 0 Å². The van der Waals surface area contributed by atoms with Gasteiger partial charge in [0.25, 0.3) is 5.91 Å². The molecule has 0 aromatic heterocycles. The maximum Gasteiger partial charge on any atom is 0.254 e. The molecule has 0 saturated carbocycles. The summed E-state index contributed by atoms with van der Waals surface area (Å²) in [6.45, 7) is 0.164. The summed E-state index contributed by atoms with van der Waals surface area (Å²) >= 11 is 0. The topological polar surface area (TPSA) is 57.7 Å². The van der Waals surface area contributed by atoms with Gasteiger partial charge in [-0.15, -0.1) is 12.8 Å². The molecule has 0 unspecified atom stereocenters. The summed E-state index contributed by atoms with van der Waals surface area (Å²) in [6, 6.07) is 5.65. The molecule has 21 heavy (non-hydrogen) atoms. The van der Waals surface area contributed by atoms with E-state index in [-0.39, 0.29) is 23.9 Å². The van der Waals surface area contributed by atoms with Gasteiger partial charge in [-0.05, 0) is 24.3 Å². The minimum atomic E-state index is -3.64. The average Bonchev–Trinajstić information content (AvgIpc) is 2.47. The Hall–Kier alpha value is -2.28. The third-order valence-electron chi connectivity index (χ3n) is 2.80. The van der Waals surface area contributed by atoms with E-state index in [1.54, 1.807) is 7.05 Å². The third kappa shape index (κ3) is 3.85. The number of rotatable bonds is 5. The van der Waals surface area contributed by atoms with E-state index in [0.717, 1.165) is 4.31 Å². The minimum absolute atomic E-state index is 0.0199. The van der Waals surface area contributed by atoms with Gasteiger partial charge in [0.05, 0.1) is 18.0 Å². The number of carbonyl (C=O) groups is 1. The monoisotopic (exact) mass is 304 g/mol. The standard InChI is InChI=1S/C15H16N2O3S/c1-5-11-16(3)15(18)13-7-9-14(10-8-13)21(19,20)17(4)12-6-2/h1-2,7-10H,11-12H2,3-4H3. The van der Waals surface area contributed by atoms with Gasteiger partial charge >= 0.3 is 0 Å². The second-order valence-electron chi connectivity index (χ2n) is 4.35. The molecule has 0 heterocycles. The summed E-state index contributed by atoms with van der Waals surface area (Å²) in [6.07, 6.45) is 10.3. The van der Waals surface area contributed by atoms with Gasteiger partial charge in [-0.25, -0.2) is 8.42 Å². The van der Waals surface area contributed by atoms with Crippen LogP contribution in [0.5, 0.6) is 0 Å². The maximum atomic E-state index is 12.1. The molecule has 110 valence electrons. The Kier molecular flexibility index (Phi) is 5.54. The second kappa shape index (κ2) is 6.94. The Bertz CT molecular complexity index is 694. The summed E-state index contributed by atoms with van der Waals surface area (Å²) in [5, 5.41) is 0. The van der Waals surface area contributed by atoms with Crippen LogP contribution < -0.4 is 0 Å². The van der Waals surface area contributed by atoms with Crippen molar-refractivity contribution in [2.45, 2.75) is 4.90 Å². The molecule has 0 atom stereocenters. The van der Waals surface area contributed by atoms with Crippen molar-refractivity contribution in [1.82, 2.24) is 9.21 Å². The van der Waals surface area contributed by atoms with Crippen LogP contribution in [0, 0.1) is 24.7 Å². The zero-order valence-electron chi connectivity index (χ0n) is 11.9. The molecule has 0 spiro atoms. The predicted octanol–water partition coefficient (Wildman–Crippen LogP) is 0.645. The van der Waals surface area contributed by atoms with Crippen LogP contribution in [0.2, 0.25) is 0 Å². The fourth-order valence-corrected chi connectivity index (χ4v) is 2.68. The molecule has 0 aliphatic heterocycles. The van der Waals surface area contributed by atoms with Gasteiger partial charge in [0.1, 0.15) is 0 Å². The molecule has 6 heteroatoms. The lowest BCUT2D eigenvalue weighted by Gasteiger charge is -2.16. The lowest BCUT2D eigenvalue weighted by molar-refractivity contribution is 0.0812. The lowest BCUT2D eigenvalue weighted by Crippen LogP contribution is -2.28. The molecule has 0 radical (unpaired) electrons. The zero-order chi connectivity index (χ0) is 16.0. The second-order valence-corrected chi connectivity index (χ2v) is 6.40. The van der Waals surface area contributed by atoms with E-state index >= 15 is 0 Å². The number of hydrogen-bond donors (Lipinski definition) is 0. The van der Waals surface area contributed by atoms with Gasteiger partial charge in [0, 0.05) is 19.7 Å². The lowest BCUT2D eigenvalue weighted by atomic mass is 10.2. The van der Waals surface area contributed by atoms with Gasteiger partial charge in [-0.3, -0.25) is 4.79 Å². The Labute approximate surface area is 125 Å². The average molecular weight is 304 g/mol. The van der Waals surface area contributed by atoms with Crippen LogP contribution in [-0.2, 0) is 10.0 Å². The number of sulfonamides is 1. The highest BCUT2D eigenvalue weighted by molar-refractivity contribution is 7.89. The Balaban J connectivity index is 3.01. The van der Waals surface area contributed by atoms with Crippen molar-refractivity contribution in [2.75, 3.05) is 27.2 Å². The zero-order valence-corrected chi connectivity index (χ0v) is 12.7. The van der Waals surface area contributed by atoms with E-state index < -0.39 is 10.0 Å². The van der Waals surface area contributed by atoms with Gasteiger partial charge in [-0.2, -0.15) is 4.31 Å². The molecule has 1 aromatic carbocycles. The highest BCUT2D eigenvalue weighted by atomic mass is 32.2. The molecule has 0 aliphatic rings. The number of benzene rings is 1. The SMILES string of the molecule is C#CCN(C)C(=O)c1ccc(S(=O)(=O)N(C)CC#C)cc1. The number of nitrogens with zero attached hydrogens (tertiary/aromatic N) is 2. The smallest absolute Gasteiger partial charge is 0.254 e. The van der Waals surface area contributed by atoms with Crippen molar-refractivity contribution < 1.29 is 13.2 Å². The van der Waals surface area contributed by atoms with Crippen molar-refractivity contribution in [3.63, 3.8) is 0 Å². The first-order chi connectivity index (χ1) is 9.84. The van der Waals surface area contributed by atoms with Crippen molar-refractivity contribution in [3.8, 4) is 24.7 Å². The number of hydrogen-bond acceptors (Lipinski definition) is 3. The van der Waals surface area contributed by atoms with Gasteiger partial charge in [0.15, 0.2) is 0 Å². The molecule has 1 aromatic rings. The minimum Gasteiger partial charge on any atom is -0.331 e. The van der Waals surface area contributed by atoms with Gasteiger partial charge in [-0.1, -0.05) is 11.8 Å². The van der Waals surface area contributed by atoms with E-state index in [1.807, 2.05) is 0 Å². The van der Waals surface area contributed by atoms with E-state index in [1.165, 1.54) is 36.2 Å². The fraction of sp³-hybridized carbons (Fsp3) is 0.267. The predicted molar refractivity (Wildman–Crippen MR) is 80.9 cm³/mol. The van der Waals surface area contributed by atoms with Gasteiger partial charge < -0.3 is 4.90 Å². The molecular weight excluding hydrogens is 288 g/mol. The number of terminal acetylenes is 2. The quantitative estimate of drug-likeness (QED) is 0.750. The Morgan fingerprint density at radius 1 is 1.10 bits per heavy atom. The van der Waals surface area contributed by atoms with E-state index in [2.05, 4.69) is 11.8 Å². The fourth-order valence-electron chi connectivity index (χ4n) is 1.59. The van der Waals surface area contributed by atoms with Crippen LogP contribution in [-0.4, -0.2) is 50.7 Å². The number of carbonyl (C=O) groups excluding carboxylic acids is 1. The first-order valence-electron chi connectivity index (χ1n) is 6.03. The summed E-state index contributed by atoms with van der Waals surface area (Å²) < 4.78 is 25.4. The highest BCUT2D eigenvalue weighted by Crippen LogP contribution is 2.15. The highest BCUT2D eigenvalue weighted by Gasteiger charge is 2.20. The molecule has 0 fully saturated rings. The van der Waals surface area contributed by atoms with Crippen LogP contribution in [0.15, 0.2) is 29.2 Å². The Morgan fingerprint density at radius 2 is 1.62 bits per heavy atom. The van der Waals surface area contributed by atoms with Crippen LogP contribution >= 0.6 is 0 Å². The summed E-state index contributed by atoms with van der Waals surface area (Å²) in [5.74, 6) is 4.37. The number of amides is 1. The Morgan fingerprint density at radius 3 is 2.10 bits per heavy atom. The first-order valence-corrected chi connectivity index (χ1v) is 7.47. The molecule has 0 N–H and O–H groups in total. The van der Waals surface area contributed by atoms with Crippen LogP contribution in [0.4, 0.5) is 0 Å². The van der Waals surface area contributed by atoms with Crippen molar-refractivity contribution in [1.29, 1.82) is 0 Å². The molecule has 5 nitrogen and oxygen atoms in total. The summed E-state index contributed by atoms with van der Waals surface area (Å²) in [4.78, 5) is 13.4. The van der Waals surface area contributed by atoms with Gasteiger partial charge in [0.2, 0.25) is 10.0 Å². The summed E-state index contributed by atoms with van der Waals surface area (Å²) in [5.41, 5.74) is 0.367. The molecule has 1 amide bonds. The molecule has 0 bridgehead atoms. The van der Waals surface area contributed by atoms with E-state index in [4.69, 9.17) is 12.8 Å². The largest absolute Gasteiger partial charge is 0.331 e. The van der Waals surface area contributed by atoms with Crippen LogP contribution in [0.1, 0.15) is 10.4 Å². The van der Waals surface area contributed by atoms with E-state index in [9.17, 15) is 13.2 Å². The molecule has 0 saturated heterocycles.